The predicted molar refractivity (Wildman–Crippen MR) is 81.2 cm³/mol. The van der Waals surface area contributed by atoms with E-state index in [2.05, 4.69) is 49.7 Å². The Morgan fingerprint density at radius 1 is 1.47 bits per heavy atom. The molecular weight excluding hydrogens is 256 g/mol. The number of carbonyl (C=O) groups is 1. The van der Waals surface area contributed by atoms with E-state index in [4.69, 9.17) is 0 Å². The van der Waals surface area contributed by atoms with Gasteiger partial charge in [0.2, 0.25) is 5.91 Å². The van der Waals surface area contributed by atoms with Gasteiger partial charge >= 0.3 is 0 Å². The first kappa shape index (κ1) is 14.4. The third-order valence-electron chi connectivity index (χ3n) is 3.59. The highest BCUT2D eigenvalue weighted by atomic mass is 32.2. The van der Waals surface area contributed by atoms with Gasteiger partial charge in [-0.25, -0.2) is 0 Å². The molecule has 1 aromatic carbocycles. The number of benzene rings is 1. The molecule has 1 aliphatic rings. The highest BCUT2D eigenvalue weighted by Gasteiger charge is 2.37. The van der Waals surface area contributed by atoms with Crippen LogP contribution in [-0.2, 0) is 4.79 Å². The van der Waals surface area contributed by atoms with Crippen LogP contribution in [0.25, 0.3) is 0 Å². The van der Waals surface area contributed by atoms with Gasteiger partial charge in [-0.3, -0.25) is 10.1 Å². The van der Waals surface area contributed by atoms with Gasteiger partial charge in [0, 0.05) is 11.8 Å². The Kier molecular flexibility index (Phi) is 4.53. The molecule has 0 aliphatic carbocycles. The van der Waals surface area contributed by atoms with Gasteiger partial charge < -0.3 is 4.90 Å². The maximum Gasteiger partial charge on any atom is 0.241 e. The van der Waals surface area contributed by atoms with Crippen molar-refractivity contribution >= 4 is 17.7 Å². The first-order chi connectivity index (χ1) is 9.02. The molecule has 1 aliphatic heterocycles. The number of hydrogen-bond acceptors (Lipinski definition) is 3. The molecule has 1 N–H and O–H groups in total. The molecule has 3 atom stereocenters. The molecule has 104 valence electrons. The van der Waals surface area contributed by atoms with Gasteiger partial charge in [0.05, 0.1) is 6.04 Å². The number of rotatable bonds is 4. The molecule has 0 radical (unpaired) electrons. The van der Waals surface area contributed by atoms with Crippen LogP contribution in [0.5, 0.6) is 0 Å². The van der Waals surface area contributed by atoms with E-state index in [0.29, 0.717) is 5.25 Å². The molecule has 0 aromatic heterocycles. The number of nitrogens with one attached hydrogen (secondary N) is 1. The minimum absolute atomic E-state index is 0.0111. The van der Waals surface area contributed by atoms with Gasteiger partial charge in [-0.15, -0.1) is 0 Å². The Morgan fingerprint density at radius 2 is 2.21 bits per heavy atom. The summed E-state index contributed by atoms with van der Waals surface area (Å²) >= 11 is 1.79. The van der Waals surface area contributed by atoms with E-state index in [9.17, 15) is 4.79 Å². The molecule has 0 spiro atoms. The van der Waals surface area contributed by atoms with E-state index < -0.39 is 0 Å². The molecule has 1 saturated heterocycles. The summed E-state index contributed by atoms with van der Waals surface area (Å²) in [7, 11) is 0. The molecule has 3 nitrogen and oxygen atoms in total. The standard InChI is InChI=1S/C15H22N2OS/c1-10-6-5-7-13(8-10)14-16-12(3)15(18)17(14)9-11(2)19-4/h5-8,11-12,14,16H,9H2,1-4H3. The SMILES string of the molecule is CSC(C)CN1C(=O)C(C)NC1c1cccc(C)c1. The first-order valence-corrected chi connectivity index (χ1v) is 7.97. The van der Waals surface area contributed by atoms with Crippen LogP contribution in [-0.4, -0.2) is 34.9 Å². The quantitative estimate of drug-likeness (QED) is 0.918. The summed E-state index contributed by atoms with van der Waals surface area (Å²) < 4.78 is 0. The van der Waals surface area contributed by atoms with E-state index in [-0.39, 0.29) is 18.1 Å². The summed E-state index contributed by atoms with van der Waals surface area (Å²) in [5.74, 6) is 0.201. The van der Waals surface area contributed by atoms with Gasteiger partial charge in [-0.2, -0.15) is 11.8 Å². The third kappa shape index (κ3) is 3.12. The lowest BCUT2D eigenvalue weighted by molar-refractivity contribution is -0.129. The Balaban J connectivity index is 2.24. The average Bonchev–Trinajstić information content (AvgIpc) is 2.67. The minimum Gasteiger partial charge on any atom is -0.320 e. The van der Waals surface area contributed by atoms with Crippen LogP contribution in [0.2, 0.25) is 0 Å². The fourth-order valence-corrected chi connectivity index (χ4v) is 2.75. The molecule has 19 heavy (non-hydrogen) atoms. The number of aryl methyl sites for hydroxylation is 1. The van der Waals surface area contributed by atoms with Gasteiger partial charge in [0.1, 0.15) is 6.17 Å². The third-order valence-corrected chi connectivity index (χ3v) is 4.54. The normalized spacial score (nSPS) is 24.8. The first-order valence-electron chi connectivity index (χ1n) is 6.69. The largest absolute Gasteiger partial charge is 0.320 e. The van der Waals surface area contributed by atoms with Crippen molar-refractivity contribution in [3.8, 4) is 0 Å². The topological polar surface area (TPSA) is 32.3 Å². The Hall–Kier alpha value is -1.00. The predicted octanol–water partition coefficient (Wildman–Crippen LogP) is 2.57. The maximum atomic E-state index is 12.3. The molecular formula is C15H22N2OS. The van der Waals surface area contributed by atoms with E-state index in [1.54, 1.807) is 11.8 Å². The van der Waals surface area contributed by atoms with Gasteiger partial charge in [0.15, 0.2) is 0 Å². The minimum atomic E-state index is -0.0976. The van der Waals surface area contributed by atoms with Crippen LogP contribution in [0.15, 0.2) is 24.3 Å². The zero-order valence-corrected chi connectivity index (χ0v) is 12.8. The second kappa shape index (κ2) is 5.97. The highest BCUT2D eigenvalue weighted by molar-refractivity contribution is 7.99. The number of hydrogen-bond donors (Lipinski definition) is 1. The molecule has 1 heterocycles. The zero-order chi connectivity index (χ0) is 14.0. The second-order valence-electron chi connectivity index (χ2n) is 5.24. The van der Waals surface area contributed by atoms with Crippen molar-refractivity contribution in [2.24, 2.45) is 0 Å². The van der Waals surface area contributed by atoms with Crippen LogP contribution in [0.4, 0.5) is 0 Å². The van der Waals surface area contributed by atoms with Crippen molar-refractivity contribution in [3.63, 3.8) is 0 Å². The van der Waals surface area contributed by atoms with Crippen molar-refractivity contribution in [1.82, 2.24) is 10.2 Å². The summed E-state index contributed by atoms with van der Waals surface area (Å²) in [6, 6.07) is 8.28. The summed E-state index contributed by atoms with van der Waals surface area (Å²) in [4.78, 5) is 14.3. The van der Waals surface area contributed by atoms with Crippen LogP contribution in [0.3, 0.4) is 0 Å². The van der Waals surface area contributed by atoms with E-state index in [1.165, 1.54) is 11.1 Å². The lowest BCUT2D eigenvalue weighted by Crippen LogP contribution is -2.35. The lowest BCUT2D eigenvalue weighted by atomic mass is 10.1. The van der Waals surface area contributed by atoms with Crippen molar-refractivity contribution in [2.45, 2.75) is 38.2 Å². The Labute approximate surface area is 119 Å². The number of carbonyl (C=O) groups excluding carboxylic acids is 1. The van der Waals surface area contributed by atoms with Crippen molar-refractivity contribution in [2.75, 3.05) is 12.8 Å². The van der Waals surface area contributed by atoms with Gasteiger partial charge in [0.25, 0.3) is 0 Å². The molecule has 3 unspecified atom stereocenters. The molecule has 0 saturated carbocycles. The van der Waals surface area contributed by atoms with E-state index in [1.807, 2.05) is 11.8 Å². The monoisotopic (exact) mass is 278 g/mol. The Morgan fingerprint density at radius 3 is 2.84 bits per heavy atom. The van der Waals surface area contributed by atoms with Crippen LogP contribution >= 0.6 is 11.8 Å². The van der Waals surface area contributed by atoms with Crippen LogP contribution in [0.1, 0.15) is 31.1 Å². The maximum absolute atomic E-state index is 12.3. The molecule has 1 amide bonds. The molecule has 1 aromatic rings. The molecule has 4 heteroatoms. The Bertz CT molecular complexity index is 463. The number of amides is 1. The zero-order valence-electron chi connectivity index (χ0n) is 12.0. The van der Waals surface area contributed by atoms with Crippen molar-refractivity contribution in [3.05, 3.63) is 35.4 Å². The van der Waals surface area contributed by atoms with E-state index in [0.717, 1.165) is 6.54 Å². The lowest BCUT2D eigenvalue weighted by Gasteiger charge is -2.27. The molecule has 2 rings (SSSR count). The highest BCUT2D eigenvalue weighted by Crippen LogP contribution is 2.27. The average molecular weight is 278 g/mol. The number of thioether (sulfide) groups is 1. The second-order valence-corrected chi connectivity index (χ2v) is 6.52. The van der Waals surface area contributed by atoms with E-state index >= 15 is 0 Å². The van der Waals surface area contributed by atoms with Crippen molar-refractivity contribution in [1.29, 1.82) is 0 Å². The summed E-state index contributed by atoms with van der Waals surface area (Å²) in [6.45, 7) is 6.97. The van der Waals surface area contributed by atoms with Crippen LogP contribution in [0, 0.1) is 6.92 Å². The summed E-state index contributed by atoms with van der Waals surface area (Å²) in [5.41, 5.74) is 2.40. The van der Waals surface area contributed by atoms with Crippen molar-refractivity contribution < 1.29 is 4.79 Å². The van der Waals surface area contributed by atoms with Gasteiger partial charge in [-0.1, -0.05) is 36.8 Å². The summed E-state index contributed by atoms with van der Waals surface area (Å²) in [5, 5.41) is 3.84. The summed E-state index contributed by atoms with van der Waals surface area (Å²) in [6.07, 6.45) is 2.10. The van der Waals surface area contributed by atoms with Crippen LogP contribution < -0.4 is 5.32 Å². The fraction of sp³-hybridized carbons (Fsp3) is 0.533. The molecule has 1 fully saturated rings. The molecule has 0 bridgehead atoms. The number of nitrogens with zero attached hydrogens (tertiary/aromatic N) is 1. The fourth-order valence-electron chi connectivity index (χ4n) is 2.44. The van der Waals surface area contributed by atoms with Gasteiger partial charge in [-0.05, 0) is 25.7 Å². The smallest absolute Gasteiger partial charge is 0.241 e.